The molecular weight excluding hydrogens is 488 g/mol. The number of aliphatic imine (C=N–C) groups is 1. The quantitative estimate of drug-likeness (QED) is 0.266. The molecule has 0 amide bonds. The Morgan fingerprint density at radius 1 is 1.14 bits per heavy atom. The van der Waals surface area contributed by atoms with Crippen molar-refractivity contribution in [3.8, 4) is 17.2 Å². The summed E-state index contributed by atoms with van der Waals surface area (Å²) >= 11 is 0. The molecule has 8 heteroatoms. The average molecular weight is 517 g/mol. The molecule has 29 heavy (non-hydrogen) atoms. The SMILES string of the molecule is CCNC(=NCc1ccc(OC)c(O)c1)NCC(CC)Oc1ccccc1F.I. The number of hydrogen-bond donors (Lipinski definition) is 3. The van der Waals surface area contributed by atoms with Gasteiger partial charge in [-0.05, 0) is 43.2 Å². The fourth-order valence-corrected chi connectivity index (χ4v) is 2.55. The molecule has 2 aromatic carbocycles. The molecule has 0 aliphatic carbocycles. The minimum Gasteiger partial charge on any atom is -0.504 e. The smallest absolute Gasteiger partial charge is 0.191 e. The molecule has 6 nitrogen and oxygen atoms in total. The van der Waals surface area contributed by atoms with Crippen LogP contribution in [0.1, 0.15) is 25.8 Å². The van der Waals surface area contributed by atoms with Crippen LogP contribution in [0.25, 0.3) is 0 Å². The van der Waals surface area contributed by atoms with Gasteiger partial charge in [-0.25, -0.2) is 9.38 Å². The molecule has 0 aromatic heterocycles. The van der Waals surface area contributed by atoms with Gasteiger partial charge < -0.3 is 25.2 Å². The summed E-state index contributed by atoms with van der Waals surface area (Å²) in [7, 11) is 1.51. The number of para-hydroxylation sites is 1. The lowest BCUT2D eigenvalue weighted by Gasteiger charge is -2.20. The lowest BCUT2D eigenvalue weighted by molar-refractivity contribution is 0.191. The molecular formula is C21H29FIN3O3. The van der Waals surface area contributed by atoms with E-state index in [4.69, 9.17) is 9.47 Å². The van der Waals surface area contributed by atoms with Crippen LogP contribution < -0.4 is 20.1 Å². The van der Waals surface area contributed by atoms with Crippen molar-refractivity contribution in [1.82, 2.24) is 10.6 Å². The maximum atomic E-state index is 13.8. The number of hydrogen-bond acceptors (Lipinski definition) is 4. The van der Waals surface area contributed by atoms with Crippen LogP contribution in [-0.2, 0) is 6.54 Å². The second kappa shape index (κ2) is 13.1. The third-order valence-electron chi connectivity index (χ3n) is 4.09. The lowest BCUT2D eigenvalue weighted by Crippen LogP contribution is -2.42. The van der Waals surface area contributed by atoms with Crippen molar-refractivity contribution in [2.75, 3.05) is 20.2 Å². The van der Waals surface area contributed by atoms with E-state index in [9.17, 15) is 9.50 Å². The van der Waals surface area contributed by atoms with Gasteiger partial charge in [-0.3, -0.25) is 0 Å². The molecule has 1 unspecified atom stereocenters. The fourth-order valence-electron chi connectivity index (χ4n) is 2.55. The Kier molecular flexibility index (Phi) is 11.2. The zero-order valence-electron chi connectivity index (χ0n) is 16.9. The number of aromatic hydroxyl groups is 1. The highest BCUT2D eigenvalue weighted by Gasteiger charge is 2.12. The lowest BCUT2D eigenvalue weighted by atomic mass is 10.2. The predicted octanol–water partition coefficient (Wildman–Crippen LogP) is 4.07. The fraction of sp³-hybridized carbons (Fsp3) is 0.381. The van der Waals surface area contributed by atoms with Crippen molar-refractivity contribution in [3.05, 3.63) is 53.8 Å². The first kappa shape index (κ1) is 24.8. The van der Waals surface area contributed by atoms with Crippen molar-refractivity contribution in [1.29, 1.82) is 0 Å². The Hall–Kier alpha value is -2.23. The summed E-state index contributed by atoms with van der Waals surface area (Å²) in [6.45, 7) is 5.52. The van der Waals surface area contributed by atoms with Crippen molar-refractivity contribution in [2.24, 2.45) is 4.99 Å². The van der Waals surface area contributed by atoms with Crippen LogP contribution in [0, 0.1) is 5.82 Å². The maximum Gasteiger partial charge on any atom is 0.191 e. The number of halogens is 2. The third-order valence-corrected chi connectivity index (χ3v) is 4.09. The molecule has 2 rings (SSSR count). The summed E-state index contributed by atoms with van der Waals surface area (Å²) in [6.07, 6.45) is 0.512. The summed E-state index contributed by atoms with van der Waals surface area (Å²) in [5, 5.41) is 16.3. The zero-order chi connectivity index (χ0) is 20.4. The van der Waals surface area contributed by atoms with E-state index in [0.29, 0.717) is 37.8 Å². The van der Waals surface area contributed by atoms with Crippen LogP contribution in [-0.4, -0.2) is 37.4 Å². The summed E-state index contributed by atoms with van der Waals surface area (Å²) in [5.41, 5.74) is 0.852. The molecule has 3 N–H and O–H groups in total. The van der Waals surface area contributed by atoms with Crippen molar-refractivity contribution in [3.63, 3.8) is 0 Å². The molecule has 0 aliphatic rings. The van der Waals surface area contributed by atoms with Gasteiger partial charge in [0.2, 0.25) is 0 Å². The van der Waals surface area contributed by atoms with Gasteiger partial charge in [0.1, 0.15) is 6.10 Å². The standard InChI is InChI=1S/C21H28FN3O3.HI/c1-4-16(28-19-9-7-6-8-17(19)22)14-25-21(23-5-2)24-13-15-10-11-20(27-3)18(26)12-15;/h6-12,16,26H,4-5,13-14H2,1-3H3,(H2,23,24,25);1H. The van der Waals surface area contributed by atoms with Crippen LogP contribution in [0.4, 0.5) is 4.39 Å². The first-order valence-electron chi connectivity index (χ1n) is 9.36. The number of nitrogens with zero attached hydrogens (tertiary/aromatic N) is 1. The summed E-state index contributed by atoms with van der Waals surface area (Å²) < 4.78 is 24.6. The number of benzene rings is 2. The first-order valence-corrected chi connectivity index (χ1v) is 9.36. The van der Waals surface area contributed by atoms with E-state index in [1.807, 2.05) is 19.9 Å². The molecule has 0 fully saturated rings. The molecule has 0 aliphatic heterocycles. The normalized spacial score (nSPS) is 11.9. The number of methoxy groups -OCH3 is 1. The van der Waals surface area contributed by atoms with Crippen molar-refractivity contribution >= 4 is 29.9 Å². The number of nitrogens with one attached hydrogen (secondary N) is 2. The van der Waals surface area contributed by atoms with E-state index in [1.165, 1.54) is 13.2 Å². The monoisotopic (exact) mass is 517 g/mol. The highest BCUT2D eigenvalue weighted by atomic mass is 127. The van der Waals surface area contributed by atoms with E-state index >= 15 is 0 Å². The molecule has 2 aromatic rings. The van der Waals surface area contributed by atoms with E-state index in [1.54, 1.807) is 30.3 Å². The Morgan fingerprint density at radius 3 is 2.52 bits per heavy atom. The summed E-state index contributed by atoms with van der Waals surface area (Å²) in [6, 6.07) is 11.6. The second-order valence-corrected chi connectivity index (χ2v) is 6.16. The van der Waals surface area contributed by atoms with Crippen LogP contribution >= 0.6 is 24.0 Å². The van der Waals surface area contributed by atoms with Gasteiger partial charge in [0.05, 0.1) is 20.2 Å². The van der Waals surface area contributed by atoms with Crippen LogP contribution in [0.15, 0.2) is 47.5 Å². The summed E-state index contributed by atoms with van der Waals surface area (Å²) in [4.78, 5) is 4.52. The van der Waals surface area contributed by atoms with Gasteiger partial charge in [-0.15, -0.1) is 24.0 Å². The Morgan fingerprint density at radius 2 is 1.90 bits per heavy atom. The number of ether oxygens (including phenoxy) is 2. The van der Waals surface area contributed by atoms with Crippen LogP contribution in [0.2, 0.25) is 0 Å². The maximum absolute atomic E-state index is 13.8. The molecule has 0 bridgehead atoms. The van der Waals surface area contributed by atoms with E-state index in [0.717, 1.165) is 5.56 Å². The van der Waals surface area contributed by atoms with Gasteiger partial charge >= 0.3 is 0 Å². The topological polar surface area (TPSA) is 75.1 Å². The number of phenols is 1. The molecule has 0 saturated carbocycles. The van der Waals surface area contributed by atoms with Gasteiger partial charge in [-0.2, -0.15) is 0 Å². The van der Waals surface area contributed by atoms with Crippen LogP contribution in [0.3, 0.4) is 0 Å². The highest BCUT2D eigenvalue weighted by molar-refractivity contribution is 14.0. The Bertz CT molecular complexity index is 790. The third kappa shape index (κ3) is 7.96. The minimum absolute atomic E-state index is 0. The van der Waals surface area contributed by atoms with Gasteiger partial charge in [0.15, 0.2) is 29.0 Å². The molecule has 0 saturated heterocycles. The van der Waals surface area contributed by atoms with E-state index in [2.05, 4.69) is 15.6 Å². The van der Waals surface area contributed by atoms with Crippen molar-refractivity contribution < 1.29 is 19.0 Å². The summed E-state index contributed by atoms with van der Waals surface area (Å²) in [5.74, 6) is 0.993. The molecule has 0 heterocycles. The largest absolute Gasteiger partial charge is 0.504 e. The second-order valence-electron chi connectivity index (χ2n) is 6.16. The predicted molar refractivity (Wildman–Crippen MR) is 124 cm³/mol. The number of guanidine groups is 1. The highest BCUT2D eigenvalue weighted by Crippen LogP contribution is 2.26. The van der Waals surface area contributed by atoms with Crippen LogP contribution in [0.5, 0.6) is 17.2 Å². The molecule has 160 valence electrons. The van der Waals surface area contributed by atoms with E-state index in [-0.39, 0.29) is 47.4 Å². The van der Waals surface area contributed by atoms with Gasteiger partial charge in [-0.1, -0.05) is 25.1 Å². The Labute approximate surface area is 188 Å². The minimum atomic E-state index is -0.374. The Balaban J connectivity index is 0.00000420. The average Bonchev–Trinajstić information content (AvgIpc) is 2.70. The molecule has 1 atom stereocenters. The van der Waals surface area contributed by atoms with Gasteiger partial charge in [0.25, 0.3) is 0 Å². The zero-order valence-corrected chi connectivity index (χ0v) is 19.3. The van der Waals surface area contributed by atoms with Crippen molar-refractivity contribution in [2.45, 2.75) is 32.9 Å². The molecule has 0 radical (unpaired) electrons. The first-order chi connectivity index (χ1) is 13.6. The van der Waals surface area contributed by atoms with E-state index < -0.39 is 0 Å². The van der Waals surface area contributed by atoms with Gasteiger partial charge in [0, 0.05) is 6.54 Å². The number of phenolic OH excluding ortho intramolecular Hbond substituents is 1. The number of rotatable bonds is 9. The molecule has 0 spiro atoms.